The number of carbonyl (C=O) groups is 2. The van der Waals surface area contributed by atoms with E-state index >= 15 is 0 Å². The third-order valence-corrected chi connectivity index (χ3v) is 4.43. The summed E-state index contributed by atoms with van der Waals surface area (Å²) in [5.74, 6) is -0.930. The minimum absolute atomic E-state index is 0.00310. The van der Waals surface area contributed by atoms with Gasteiger partial charge in [-0.3, -0.25) is 14.4 Å². The van der Waals surface area contributed by atoms with Gasteiger partial charge in [-0.1, -0.05) is 0 Å². The van der Waals surface area contributed by atoms with Crippen LogP contribution in [0.2, 0.25) is 0 Å². The first-order valence-corrected chi connectivity index (χ1v) is 8.31. The highest BCUT2D eigenvalue weighted by molar-refractivity contribution is 5.78. The van der Waals surface area contributed by atoms with Gasteiger partial charge in [0.1, 0.15) is 18.2 Å². The Balaban J connectivity index is 2.15. The second kappa shape index (κ2) is 7.92. The molecule has 1 atom stereocenters. The molecule has 8 heteroatoms. The number of esters is 1. The molecule has 8 nitrogen and oxygen atoms in total. The van der Waals surface area contributed by atoms with Gasteiger partial charge in [0.15, 0.2) is 0 Å². The highest BCUT2D eigenvalue weighted by Crippen LogP contribution is 2.18. The largest absolute Gasteiger partial charge is 0.466 e. The predicted octanol–water partition coefficient (Wildman–Crippen LogP) is 0.534. The van der Waals surface area contributed by atoms with Crippen LogP contribution >= 0.6 is 0 Å². The minimum Gasteiger partial charge on any atom is -0.466 e. The number of aromatic nitrogens is 2. The van der Waals surface area contributed by atoms with E-state index in [1.807, 2.05) is 6.07 Å². The van der Waals surface area contributed by atoms with Gasteiger partial charge < -0.3 is 9.64 Å². The molecule has 0 bridgehead atoms. The number of aryl methyl sites for hydroxylation is 1. The lowest BCUT2D eigenvalue weighted by atomic mass is 9.98. The second-order valence-corrected chi connectivity index (χ2v) is 6.09. The van der Waals surface area contributed by atoms with Gasteiger partial charge in [-0.15, -0.1) is 0 Å². The number of amides is 1. The van der Waals surface area contributed by atoms with Crippen LogP contribution in [0.3, 0.4) is 0 Å². The lowest BCUT2D eigenvalue weighted by Gasteiger charge is -2.31. The molecule has 1 amide bonds. The molecule has 2 rings (SSSR count). The van der Waals surface area contributed by atoms with Crippen LogP contribution in [-0.2, 0) is 20.9 Å². The van der Waals surface area contributed by atoms with Crippen molar-refractivity contribution in [1.82, 2.24) is 14.7 Å². The Morgan fingerprint density at radius 1 is 1.40 bits per heavy atom. The molecule has 0 N–H and O–H groups in total. The van der Waals surface area contributed by atoms with E-state index in [9.17, 15) is 14.4 Å². The first kappa shape index (κ1) is 18.6. The zero-order valence-electron chi connectivity index (χ0n) is 14.7. The number of likely N-dealkylation sites (tertiary alicyclic amines) is 1. The van der Waals surface area contributed by atoms with Gasteiger partial charge >= 0.3 is 5.97 Å². The Morgan fingerprint density at radius 3 is 2.76 bits per heavy atom. The number of hydrogen-bond donors (Lipinski definition) is 0. The standard InChI is InChI=1S/C17H22N4O4/c1-4-25-17(24)13-6-5-7-20(9-13)15(22)10-21-16(23)14(8-18)11(2)12(3)19-21/h13H,4-7,9-10H2,1-3H3/t13-/m0/s1. The third kappa shape index (κ3) is 4.05. The Morgan fingerprint density at radius 2 is 2.12 bits per heavy atom. The van der Waals surface area contributed by atoms with Crippen LogP contribution in [0, 0.1) is 31.1 Å². The molecule has 1 aliphatic heterocycles. The summed E-state index contributed by atoms with van der Waals surface area (Å²) in [6.45, 7) is 5.96. The van der Waals surface area contributed by atoms with E-state index in [0.29, 0.717) is 37.3 Å². The van der Waals surface area contributed by atoms with Crippen molar-refractivity contribution >= 4 is 11.9 Å². The van der Waals surface area contributed by atoms with Crippen molar-refractivity contribution in [1.29, 1.82) is 5.26 Å². The first-order chi connectivity index (χ1) is 11.9. The summed E-state index contributed by atoms with van der Waals surface area (Å²) in [6.07, 6.45) is 1.39. The van der Waals surface area contributed by atoms with Gasteiger partial charge in [0.2, 0.25) is 5.91 Å². The lowest BCUT2D eigenvalue weighted by molar-refractivity contribution is -0.151. The summed E-state index contributed by atoms with van der Waals surface area (Å²) in [5, 5.41) is 13.3. The fourth-order valence-electron chi connectivity index (χ4n) is 2.89. The van der Waals surface area contributed by atoms with Crippen LogP contribution < -0.4 is 5.56 Å². The number of ether oxygens (including phenoxy) is 1. The lowest BCUT2D eigenvalue weighted by Crippen LogP contribution is -2.45. The predicted molar refractivity (Wildman–Crippen MR) is 88.6 cm³/mol. The topological polar surface area (TPSA) is 105 Å². The van der Waals surface area contributed by atoms with Crippen molar-refractivity contribution in [2.24, 2.45) is 5.92 Å². The molecule has 1 aromatic rings. The molecule has 0 aliphatic carbocycles. The number of nitrogens with zero attached hydrogens (tertiary/aromatic N) is 4. The van der Waals surface area contributed by atoms with Crippen LogP contribution in [0.15, 0.2) is 4.79 Å². The highest BCUT2D eigenvalue weighted by atomic mass is 16.5. The number of nitriles is 1. The summed E-state index contributed by atoms with van der Waals surface area (Å²) in [5.41, 5.74) is 0.491. The molecule has 1 aromatic heterocycles. The van der Waals surface area contributed by atoms with E-state index in [-0.39, 0.29) is 36.4 Å². The minimum atomic E-state index is -0.571. The zero-order valence-corrected chi connectivity index (χ0v) is 14.7. The van der Waals surface area contributed by atoms with E-state index < -0.39 is 5.56 Å². The molecule has 25 heavy (non-hydrogen) atoms. The Hall–Kier alpha value is -2.69. The molecule has 134 valence electrons. The van der Waals surface area contributed by atoms with Crippen LogP contribution in [-0.4, -0.2) is 46.3 Å². The first-order valence-electron chi connectivity index (χ1n) is 8.31. The maximum atomic E-state index is 12.5. The van der Waals surface area contributed by atoms with E-state index in [1.54, 1.807) is 25.7 Å². The second-order valence-electron chi connectivity index (χ2n) is 6.09. The Kier molecular flexibility index (Phi) is 5.91. The van der Waals surface area contributed by atoms with Crippen molar-refractivity contribution in [2.45, 2.75) is 40.2 Å². The number of hydrogen-bond acceptors (Lipinski definition) is 6. The van der Waals surface area contributed by atoms with Crippen molar-refractivity contribution < 1.29 is 14.3 Å². The average Bonchev–Trinajstić information content (AvgIpc) is 2.60. The molecule has 0 radical (unpaired) electrons. The van der Waals surface area contributed by atoms with Gasteiger partial charge in [-0.25, -0.2) is 4.68 Å². The van der Waals surface area contributed by atoms with Crippen molar-refractivity contribution in [2.75, 3.05) is 19.7 Å². The third-order valence-electron chi connectivity index (χ3n) is 4.43. The maximum Gasteiger partial charge on any atom is 0.310 e. The summed E-state index contributed by atoms with van der Waals surface area (Å²) in [6, 6.07) is 1.87. The molecule has 0 aromatic carbocycles. The van der Waals surface area contributed by atoms with Gasteiger partial charge in [-0.05, 0) is 39.2 Å². The maximum absolute atomic E-state index is 12.5. The molecule has 1 aliphatic rings. The van der Waals surface area contributed by atoms with Crippen LogP contribution in [0.25, 0.3) is 0 Å². The van der Waals surface area contributed by atoms with Gasteiger partial charge in [-0.2, -0.15) is 10.4 Å². The number of piperidine rings is 1. The molecule has 1 saturated heterocycles. The van der Waals surface area contributed by atoms with E-state index in [4.69, 9.17) is 10.00 Å². The van der Waals surface area contributed by atoms with E-state index in [2.05, 4.69) is 5.10 Å². The molecular weight excluding hydrogens is 324 g/mol. The average molecular weight is 346 g/mol. The Bertz CT molecular complexity index is 778. The molecule has 1 fully saturated rings. The number of carbonyl (C=O) groups excluding carboxylic acids is 2. The fourth-order valence-corrected chi connectivity index (χ4v) is 2.89. The van der Waals surface area contributed by atoms with Crippen molar-refractivity contribution in [3.05, 3.63) is 27.2 Å². The highest BCUT2D eigenvalue weighted by Gasteiger charge is 2.29. The van der Waals surface area contributed by atoms with E-state index in [0.717, 1.165) is 4.68 Å². The SMILES string of the molecule is CCOC(=O)[C@H]1CCCN(C(=O)Cn2nc(C)c(C)c(C#N)c2=O)C1. The van der Waals surface area contributed by atoms with Crippen molar-refractivity contribution in [3.8, 4) is 6.07 Å². The van der Waals surface area contributed by atoms with Crippen molar-refractivity contribution in [3.63, 3.8) is 0 Å². The molecule has 0 spiro atoms. The monoisotopic (exact) mass is 346 g/mol. The molecule has 0 unspecified atom stereocenters. The smallest absolute Gasteiger partial charge is 0.310 e. The molecule has 2 heterocycles. The summed E-state index contributed by atoms with van der Waals surface area (Å²) >= 11 is 0. The fraction of sp³-hybridized carbons (Fsp3) is 0.588. The normalized spacial score (nSPS) is 17.0. The van der Waals surface area contributed by atoms with Gasteiger partial charge in [0, 0.05) is 13.1 Å². The van der Waals surface area contributed by atoms with Crippen LogP contribution in [0.1, 0.15) is 36.6 Å². The zero-order chi connectivity index (χ0) is 18.6. The van der Waals surface area contributed by atoms with Crippen LogP contribution in [0.4, 0.5) is 0 Å². The van der Waals surface area contributed by atoms with E-state index in [1.165, 1.54) is 0 Å². The Labute approximate surface area is 146 Å². The number of rotatable bonds is 4. The summed E-state index contributed by atoms with van der Waals surface area (Å²) in [7, 11) is 0. The molecular formula is C17H22N4O4. The quantitative estimate of drug-likeness (QED) is 0.737. The summed E-state index contributed by atoms with van der Waals surface area (Å²) in [4.78, 5) is 38.3. The van der Waals surface area contributed by atoms with Gasteiger partial charge in [0.05, 0.1) is 18.2 Å². The van der Waals surface area contributed by atoms with Gasteiger partial charge in [0.25, 0.3) is 5.56 Å². The van der Waals surface area contributed by atoms with Crippen LogP contribution in [0.5, 0.6) is 0 Å². The summed E-state index contributed by atoms with van der Waals surface area (Å²) < 4.78 is 6.05. The molecule has 0 saturated carbocycles.